The maximum absolute atomic E-state index is 14.2. The van der Waals surface area contributed by atoms with Crippen molar-refractivity contribution in [3.8, 4) is 11.5 Å². The topological polar surface area (TPSA) is 145 Å². The van der Waals surface area contributed by atoms with Gasteiger partial charge in [0.15, 0.2) is 0 Å². The van der Waals surface area contributed by atoms with Crippen molar-refractivity contribution < 1.29 is 29.1 Å². The fourth-order valence-electron chi connectivity index (χ4n) is 6.45. The second-order valence-corrected chi connectivity index (χ2v) is 12.4. The Morgan fingerprint density at radius 1 is 0.978 bits per heavy atom. The van der Waals surface area contributed by atoms with Gasteiger partial charge in [0, 0.05) is 29.3 Å². The number of likely N-dealkylation sites (tertiary alicyclic amines) is 1. The number of carbonyl (C=O) groups excluding carboxylic acids is 3. The molecule has 1 aliphatic rings. The van der Waals surface area contributed by atoms with Crippen molar-refractivity contribution in [3.05, 3.63) is 89.5 Å². The van der Waals surface area contributed by atoms with Gasteiger partial charge < -0.3 is 36.0 Å². The van der Waals surface area contributed by atoms with Gasteiger partial charge in [-0.05, 0) is 87.2 Å². The number of amides is 4. The molecule has 6 N–H and O–H groups in total. The zero-order valence-corrected chi connectivity index (χ0v) is 26.4. The lowest BCUT2D eigenvalue weighted by Crippen LogP contribution is -2.64. The van der Waals surface area contributed by atoms with Crippen molar-refractivity contribution in [1.29, 1.82) is 0 Å². The van der Waals surface area contributed by atoms with Crippen molar-refractivity contribution in [1.82, 2.24) is 10.2 Å². The molecule has 1 aliphatic heterocycles. The second kappa shape index (κ2) is 14.9. The van der Waals surface area contributed by atoms with Crippen LogP contribution in [-0.4, -0.2) is 75.2 Å². The van der Waals surface area contributed by atoms with Crippen LogP contribution in [0, 0.1) is 0 Å². The molecular formula is C35H46N5O5+. The van der Waals surface area contributed by atoms with Crippen LogP contribution in [0.1, 0.15) is 61.5 Å². The van der Waals surface area contributed by atoms with Gasteiger partial charge in [-0.3, -0.25) is 9.59 Å². The zero-order valence-electron chi connectivity index (χ0n) is 26.4. The van der Waals surface area contributed by atoms with Gasteiger partial charge in [-0.1, -0.05) is 31.2 Å². The standard InChI is InChI=1S/C35H45N5O5/c1-4-18-40(22-26-7-5-9-31(42)20-26)19-6-8-29(23-40)39(32(33(36)43)21-25-10-16-30(41)17-11-25)35(45)38-28-14-12-27(13-15-28)34(44)37-24(2)3/h5,7,9-17,20,24,29,32H,4,6,8,18-19,21-23H2,1-3H3,(H5-,36,37,38,41,42,43,44,45)/p+1/t29-,32+,40?/m1/s1. The summed E-state index contributed by atoms with van der Waals surface area (Å²) in [7, 11) is 0. The van der Waals surface area contributed by atoms with Crippen molar-refractivity contribution in [2.45, 2.75) is 71.1 Å². The van der Waals surface area contributed by atoms with E-state index in [-0.39, 0.29) is 35.9 Å². The lowest BCUT2D eigenvalue weighted by atomic mass is 9.95. The van der Waals surface area contributed by atoms with Crippen molar-refractivity contribution in [2.75, 3.05) is 25.0 Å². The highest BCUT2D eigenvalue weighted by Crippen LogP contribution is 2.30. The molecule has 3 aromatic carbocycles. The maximum atomic E-state index is 14.2. The fourth-order valence-corrected chi connectivity index (χ4v) is 6.45. The minimum absolute atomic E-state index is 0.00828. The molecule has 0 spiro atoms. The Balaban J connectivity index is 1.66. The second-order valence-electron chi connectivity index (χ2n) is 12.4. The van der Waals surface area contributed by atoms with Gasteiger partial charge in [-0.2, -0.15) is 0 Å². The van der Waals surface area contributed by atoms with E-state index in [9.17, 15) is 24.6 Å². The number of urea groups is 1. The molecule has 4 rings (SSSR count). The molecule has 0 radical (unpaired) electrons. The summed E-state index contributed by atoms with van der Waals surface area (Å²) >= 11 is 0. The van der Waals surface area contributed by atoms with Gasteiger partial charge in [-0.15, -0.1) is 0 Å². The highest BCUT2D eigenvalue weighted by molar-refractivity contribution is 5.96. The number of primary amides is 1. The number of nitrogens with one attached hydrogen (secondary N) is 2. The Morgan fingerprint density at radius 2 is 1.69 bits per heavy atom. The number of hydrogen-bond acceptors (Lipinski definition) is 5. The van der Waals surface area contributed by atoms with E-state index in [0.29, 0.717) is 35.2 Å². The molecule has 4 amide bonds. The van der Waals surface area contributed by atoms with E-state index in [1.807, 2.05) is 26.0 Å². The van der Waals surface area contributed by atoms with E-state index >= 15 is 0 Å². The minimum atomic E-state index is -0.946. The van der Waals surface area contributed by atoms with Crippen LogP contribution < -0.4 is 16.4 Å². The average molecular weight is 617 g/mol. The molecule has 45 heavy (non-hydrogen) atoms. The molecular weight excluding hydrogens is 570 g/mol. The predicted molar refractivity (Wildman–Crippen MR) is 175 cm³/mol. The predicted octanol–water partition coefficient (Wildman–Crippen LogP) is 4.76. The van der Waals surface area contributed by atoms with E-state index < -0.39 is 18.0 Å². The first kappa shape index (κ1) is 33.3. The molecule has 10 heteroatoms. The number of carbonyl (C=O) groups is 3. The number of rotatable bonds is 12. The third-order valence-corrected chi connectivity index (χ3v) is 8.37. The lowest BCUT2D eigenvalue weighted by molar-refractivity contribution is -0.946. The molecule has 10 nitrogen and oxygen atoms in total. The van der Waals surface area contributed by atoms with Crippen LogP contribution in [0.3, 0.4) is 0 Å². The van der Waals surface area contributed by atoms with Crippen LogP contribution in [0.5, 0.6) is 11.5 Å². The monoisotopic (exact) mass is 616 g/mol. The number of benzene rings is 3. The molecule has 0 aliphatic carbocycles. The highest BCUT2D eigenvalue weighted by atomic mass is 16.3. The van der Waals surface area contributed by atoms with Crippen LogP contribution in [-0.2, 0) is 17.8 Å². The minimum Gasteiger partial charge on any atom is -0.508 e. The normalized spacial score (nSPS) is 18.6. The number of quaternary nitrogens is 1. The highest BCUT2D eigenvalue weighted by Gasteiger charge is 2.42. The average Bonchev–Trinajstić information content (AvgIpc) is 2.98. The van der Waals surface area contributed by atoms with Gasteiger partial charge in [0.2, 0.25) is 5.91 Å². The Morgan fingerprint density at radius 3 is 2.31 bits per heavy atom. The SMILES string of the molecule is CCC[N+]1(Cc2cccc(O)c2)CCC[C@@H](N(C(=O)Nc2ccc(C(=O)NC(C)C)cc2)[C@@H](Cc2ccc(O)cc2)C(N)=O)C1. The summed E-state index contributed by atoms with van der Waals surface area (Å²) in [4.78, 5) is 41.3. The number of aromatic hydroxyl groups is 2. The van der Waals surface area contributed by atoms with Gasteiger partial charge in [-0.25, -0.2) is 4.79 Å². The van der Waals surface area contributed by atoms with E-state index in [2.05, 4.69) is 17.6 Å². The quantitative estimate of drug-likeness (QED) is 0.187. The zero-order chi connectivity index (χ0) is 32.6. The van der Waals surface area contributed by atoms with Gasteiger partial charge >= 0.3 is 6.03 Å². The lowest BCUT2D eigenvalue weighted by Gasteiger charge is -2.48. The van der Waals surface area contributed by atoms with Crippen LogP contribution in [0.4, 0.5) is 10.5 Å². The van der Waals surface area contributed by atoms with Crippen molar-refractivity contribution in [3.63, 3.8) is 0 Å². The summed E-state index contributed by atoms with van der Waals surface area (Å²) in [6.45, 7) is 9.00. The maximum Gasteiger partial charge on any atom is 0.323 e. The number of nitrogens with zero attached hydrogens (tertiary/aromatic N) is 2. The third-order valence-electron chi connectivity index (χ3n) is 8.37. The molecule has 0 saturated carbocycles. The largest absolute Gasteiger partial charge is 0.508 e. The van der Waals surface area contributed by atoms with Crippen LogP contribution in [0.25, 0.3) is 0 Å². The first-order chi connectivity index (χ1) is 21.5. The van der Waals surface area contributed by atoms with Crippen molar-refractivity contribution in [2.24, 2.45) is 5.73 Å². The number of hydrogen-bond donors (Lipinski definition) is 5. The van der Waals surface area contributed by atoms with Crippen LogP contribution in [0.15, 0.2) is 72.8 Å². The smallest absolute Gasteiger partial charge is 0.323 e. The molecule has 1 saturated heterocycles. The summed E-state index contributed by atoms with van der Waals surface area (Å²) in [5.41, 5.74) is 8.76. The van der Waals surface area contributed by atoms with Gasteiger partial charge in [0.25, 0.3) is 5.91 Å². The number of phenolic OH excluding ortho intramolecular Hbond substituents is 2. The Bertz CT molecular complexity index is 1460. The van der Waals surface area contributed by atoms with Crippen molar-refractivity contribution >= 4 is 23.5 Å². The summed E-state index contributed by atoms with van der Waals surface area (Å²) in [5, 5.41) is 25.7. The molecule has 1 unspecified atom stereocenters. The molecule has 3 aromatic rings. The number of nitrogens with two attached hydrogens (primary N) is 1. The number of piperidine rings is 1. The van der Waals surface area contributed by atoms with E-state index in [0.717, 1.165) is 37.1 Å². The van der Waals surface area contributed by atoms with Crippen LogP contribution >= 0.6 is 0 Å². The first-order valence-corrected chi connectivity index (χ1v) is 15.7. The fraction of sp³-hybridized carbons (Fsp3) is 0.400. The molecule has 3 atom stereocenters. The first-order valence-electron chi connectivity index (χ1n) is 15.7. The molecule has 1 fully saturated rings. The summed E-state index contributed by atoms with van der Waals surface area (Å²) in [6, 6.07) is 18.8. The Labute approximate surface area is 265 Å². The van der Waals surface area contributed by atoms with Gasteiger partial charge in [0.1, 0.15) is 24.1 Å². The summed E-state index contributed by atoms with van der Waals surface area (Å²) < 4.78 is 0.707. The Kier molecular flexibility index (Phi) is 11.1. The molecule has 1 heterocycles. The molecule has 0 bridgehead atoms. The number of anilines is 1. The van der Waals surface area contributed by atoms with Crippen LogP contribution in [0.2, 0.25) is 0 Å². The van der Waals surface area contributed by atoms with Gasteiger partial charge in [0.05, 0.1) is 25.7 Å². The molecule has 0 aromatic heterocycles. The molecule has 240 valence electrons. The van der Waals surface area contributed by atoms with E-state index in [1.165, 1.54) is 0 Å². The Hall–Kier alpha value is -4.57. The summed E-state index contributed by atoms with van der Waals surface area (Å²) in [5.74, 6) is -0.500. The van der Waals surface area contributed by atoms with E-state index in [1.54, 1.807) is 65.6 Å². The number of phenols is 2. The van der Waals surface area contributed by atoms with E-state index in [4.69, 9.17) is 5.73 Å². The third kappa shape index (κ3) is 8.98. The summed E-state index contributed by atoms with van der Waals surface area (Å²) in [6.07, 6.45) is 2.66.